The van der Waals surface area contributed by atoms with Crippen molar-refractivity contribution in [3.63, 3.8) is 0 Å². The lowest BCUT2D eigenvalue weighted by Gasteiger charge is -2.21. The van der Waals surface area contributed by atoms with Crippen molar-refractivity contribution in [2.45, 2.75) is 31.5 Å². The van der Waals surface area contributed by atoms with Gasteiger partial charge in [0.1, 0.15) is 18.6 Å². The molecule has 3 unspecified atom stereocenters. The summed E-state index contributed by atoms with van der Waals surface area (Å²) in [6, 6.07) is -3.83. The third-order valence-electron chi connectivity index (χ3n) is 2.68. The van der Waals surface area contributed by atoms with Crippen LogP contribution in [0, 0.1) is 0 Å². The highest BCUT2D eigenvalue weighted by Crippen LogP contribution is 1.95. The molecule has 0 saturated heterocycles. The molecule has 0 aliphatic rings. The van der Waals surface area contributed by atoms with Crippen molar-refractivity contribution in [1.82, 2.24) is 16.0 Å². The molecule has 0 aromatic carbocycles. The number of carbonyl (C=O) groups excluding carboxylic acids is 4. The second-order valence-electron chi connectivity index (χ2n) is 4.88. The van der Waals surface area contributed by atoms with Gasteiger partial charge >= 0.3 is 5.97 Å². The standard InChI is InChI=1S/C12H21N5O7/c1-5(13)10(22)16-6(2-8(14)19)12(24)17-7(4-18)11(23)15-3-9(20)21/h5-7,18H,2-4,13H2,1H3,(H2,14,19)(H,15,23)(H,16,22)(H,17,24)(H,20,21). The van der Waals surface area contributed by atoms with E-state index in [0.29, 0.717) is 0 Å². The van der Waals surface area contributed by atoms with Crippen LogP contribution >= 0.6 is 0 Å². The smallest absolute Gasteiger partial charge is 0.322 e. The molecule has 0 rings (SSSR count). The van der Waals surface area contributed by atoms with Crippen LogP contribution in [0.1, 0.15) is 13.3 Å². The van der Waals surface area contributed by atoms with Crippen LogP contribution in [0.5, 0.6) is 0 Å². The quantitative estimate of drug-likeness (QED) is 0.203. The average molecular weight is 347 g/mol. The van der Waals surface area contributed by atoms with Gasteiger partial charge in [-0.25, -0.2) is 0 Å². The molecule has 0 radical (unpaired) electrons. The third-order valence-corrected chi connectivity index (χ3v) is 2.68. The van der Waals surface area contributed by atoms with E-state index < -0.39 is 67.3 Å². The van der Waals surface area contributed by atoms with Gasteiger partial charge in [-0.15, -0.1) is 0 Å². The van der Waals surface area contributed by atoms with Crippen LogP contribution in [-0.2, 0) is 24.0 Å². The van der Waals surface area contributed by atoms with Gasteiger partial charge in [0.25, 0.3) is 0 Å². The Balaban J connectivity index is 4.92. The Labute approximate surface area is 136 Å². The molecule has 0 saturated carbocycles. The lowest BCUT2D eigenvalue weighted by Crippen LogP contribution is -2.57. The number of carbonyl (C=O) groups is 5. The first-order valence-electron chi connectivity index (χ1n) is 6.83. The number of amides is 4. The van der Waals surface area contributed by atoms with Crippen LogP contribution < -0.4 is 27.4 Å². The number of nitrogens with two attached hydrogens (primary N) is 2. The number of aliphatic carboxylic acids is 1. The molecule has 24 heavy (non-hydrogen) atoms. The zero-order valence-corrected chi connectivity index (χ0v) is 12.9. The van der Waals surface area contributed by atoms with Crippen molar-refractivity contribution in [2.24, 2.45) is 11.5 Å². The Bertz CT molecular complexity index is 508. The first-order valence-corrected chi connectivity index (χ1v) is 6.83. The molecule has 0 aliphatic carbocycles. The molecule has 0 aromatic rings. The van der Waals surface area contributed by atoms with Gasteiger partial charge < -0.3 is 37.6 Å². The molecule has 3 atom stereocenters. The van der Waals surface area contributed by atoms with E-state index in [2.05, 4.69) is 10.6 Å². The average Bonchev–Trinajstić information content (AvgIpc) is 2.48. The van der Waals surface area contributed by atoms with Crippen molar-refractivity contribution < 1.29 is 34.2 Å². The fourth-order valence-electron chi connectivity index (χ4n) is 1.47. The summed E-state index contributed by atoms with van der Waals surface area (Å²) >= 11 is 0. The molecule has 9 N–H and O–H groups in total. The van der Waals surface area contributed by atoms with Crippen LogP contribution in [-0.4, -0.2) is 71.1 Å². The Kier molecular flexibility index (Phi) is 8.97. The maximum atomic E-state index is 12.1. The maximum Gasteiger partial charge on any atom is 0.322 e. The lowest BCUT2D eigenvalue weighted by molar-refractivity contribution is -0.139. The Hall–Kier alpha value is -2.73. The van der Waals surface area contributed by atoms with Gasteiger partial charge in [-0.05, 0) is 6.92 Å². The van der Waals surface area contributed by atoms with E-state index in [9.17, 15) is 24.0 Å². The highest BCUT2D eigenvalue weighted by Gasteiger charge is 2.28. The molecule has 0 heterocycles. The summed E-state index contributed by atoms with van der Waals surface area (Å²) in [6.45, 7) is -0.191. The van der Waals surface area contributed by atoms with Crippen molar-refractivity contribution >= 4 is 29.6 Å². The number of nitrogens with one attached hydrogen (secondary N) is 3. The largest absolute Gasteiger partial charge is 0.480 e. The summed E-state index contributed by atoms with van der Waals surface area (Å²) in [7, 11) is 0. The molecule has 12 heteroatoms. The summed E-state index contributed by atoms with van der Waals surface area (Å²) in [6.07, 6.45) is -0.556. The van der Waals surface area contributed by atoms with E-state index in [-0.39, 0.29) is 0 Å². The predicted molar refractivity (Wildman–Crippen MR) is 79.1 cm³/mol. The number of carboxylic acids is 1. The maximum absolute atomic E-state index is 12.1. The summed E-state index contributed by atoms with van der Waals surface area (Å²) in [5.74, 6) is -4.86. The fraction of sp³-hybridized carbons (Fsp3) is 0.583. The zero-order valence-electron chi connectivity index (χ0n) is 12.9. The molecule has 0 bridgehead atoms. The van der Waals surface area contributed by atoms with E-state index in [4.69, 9.17) is 21.7 Å². The first kappa shape index (κ1) is 21.3. The summed E-state index contributed by atoms with van der Waals surface area (Å²) < 4.78 is 0. The number of carboxylic acid groups (broad SMARTS) is 1. The number of aliphatic hydroxyl groups excluding tert-OH is 1. The Morgan fingerprint density at radius 1 is 1.00 bits per heavy atom. The second kappa shape index (κ2) is 10.1. The minimum Gasteiger partial charge on any atom is -0.480 e. The number of aliphatic hydroxyl groups is 1. The first-order chi connectivity index (χ1) is 11.1. The van der Waals surface area contributed by atoms with E-state index in [0.717, 1.165) is 0 Å². The van der Waals surface area contributed by atoms with Crippen LogP contribution in [0.2, 0.25) is 0 Å². The molecule has 0 fully saturated rings. The fourth-order valence-corrected chi connectivity index (χ4v) is 1.47. The van der Waals surface area contributed by atoms with Gasteiger partial charge in [0.15, 0.2) is 0 Å². The third kappa shape index (κ3) is 8.05. The Morgan fingerprint density at radius 3 is 1.96 bits per heavy atom. The molecule has 136 valence electrons. The summed E-state index contributed by atoms with van der Waals surface area (Å²) in [4.78, 5) is 56.6. The molecule has 12 nitrogen and oxygen atoms in total. The van der Waals surface area contributed by atoms with Crippen molar-refractivity contribution in [3.05, 3.63) is 0 Å². The van der Waals surface area contributed by atoms with Crippen LogP contribution in [0.25, 0.3) is 0 Å². The molecular formula is C12H21N5O7. The van der Waals surface area contributed by atoms with Gasteiger partial charge in [-0.3, -0.25) is 24.0 Å². The highest BCUT2D eigenvalue weighted by molar-refractivity contribution is 5.95. The monoisotopic (exact) mass is 347 g/mol. The van der Waals surface area contributed by atoms with Gasteiger partial charge in [0, 0.05) is 0 Å². The summed E-state index contributed by atoms with van der Waals surface area (Å²) in [5, 5.41) is 23.8. The number of rotatable bonds is 10. The van der Waals surface area contributed by atoms with E-state index in [1.165, 1.54) is 6.92 Å². The van der Waals surface area contributed by atoms with Gasteiger partial charge in [-0.1, -0.05) is 0 Å². The molecule has 0 spiro atoms. The number of primary amides is 1. The summed E-state index contributed by atoms with van der Waals surface area (Å²) in [5.41, 5.74) is 10.3. The molecule has 0 aromatic heterocycles. The van der Waals surface area contributed by atoms with Gasteiger partial charge in [-0.2, -0.15) is 0 Å². The minimum atomic E-state index is -1.47. The molecular weight excluding hydrogens is 326 g/mol. The van der Waals surface area contributed by atoms with Gasteiger partial charge in [0.05, 0.1) is 19.1 Å². The van der Waals surface area contributed by atoms with E-state index >= 15 is 0 Å². The second-order valence-corrected chi connectivity index (χ2v) is 4.88. The highest BCUT2D eigenvalue weighted by atomic mass is 16.4. The zero-order chi connectivity index (χ0) is 18.9. The normalized spacial score (nSPS) is 14.0. The number of hydrogen-bond acceptors (Lipinski definition) is 7. The van der Waals surface area contributed by atoms with Crippen LogP contribution in [0.15, 0.2) is 0 Å². The minimum absolute atomic E-state index is 0.556. The van der Waals surface area contributed by atoms with Crippen LogP contribution in [0.3, 0.4) is 0 Å². The SMILES string of the molecule is CC(N)C(=O)NC(CC(N)=O)C(=O)NC(CO)C(=O)NCC(=O)O. The van der Waals surface area contributed by atoms with Crippen LogP contribution in [0.4, 0.5) is 0 Å². The predicted octanol–water partition coefficient (Wildman–Crippen LogP) is -4.63. The van der Waals surface area contributed by atoms with Gasteiger partial charge in [0.2, 0.25) is 23.6 Å². The van der Waals surface area contributed by atoms with E-state index in [1.807, 2.05) is 5.32 Å². The van der Waals surface area contributed by atoms with Crippen molar-refractivity contribution in [2.75, 3.05) is 13.2 Å². The lowest BCUT2D eigenvalue weighted by atomic mass is 10.1. The van der Waals surface area contributed by atoms with E-state index in [1.54, 1.807) is 0 Å². The van der Waals surface area contributed by atoms with Crippen molar-refractivity contribution in [1.29, 1.82) is 0 Å². The molecule has 4 amide bonds. The van der Waals surface area contributed by atoms with Crippen molar-refractivity contribution in [3.8, 4) is 0 Å². The molecule has 0 aliphatic heterocycles. The number of hydrogen-bond donors (Lipinski definition) is 7. The topological polar surface area (TPSA) is 214 Å². The Morgan fingerprint density at radius 2 is 1.54 bits per heavy atom.